The molecule has 1 fully saturated rings. The summed E-state index contributed by atoms with van der Waals surface area (Å²) < 4.78 is 1.33. The summed E-state index contributed by atoms with van der Waals surface area (Å²) in [6.45, 7) is 0.267. The van der Waals surface area contributed by atoms with Crippen LogP contribution in [0.25, 0.3) is 0 Å². The Morgan fingerprint density at radius 1 is 1.19 bits per heavy atom. The van der Waals surface area contributed by atoms with Crippen LogP contribution in [0, 0.1) is 0 Å². The molecule has 0 aliphatic heterocycles. The fraction of sp³-hybridized carbons (Fsp3) is 0.533. The number of hydrogen-bond acceptors (Lipinski definition) is 3. The Labute approximate surface area is 123 Å². The lowest BCUT2D eigenvalue weighted by atomic mass is 10.2. The number of nitrogens with zero attached hydrogens (tertiary/aromatic N) is 1. The SMILES string of the molecule is O=C(Cn1ccccc1=O)NCCC(=O)NC1CCCC1. The first kappa shape index (κ1) is 15.3. The molecule has 1 aromatic heterocycles. The highest BCUT2D eigenvalue weighted by atomic mass is 16.2. The van der Waals surface area contributed by atoms with E-state index < -0.39 is 0 Å². The highest BCUT2D eigenvalue weighted by Crippen LogP contribution is 2.17. The second kappa shape index (κ2) is 7.61. The van der Waals surface area contributed by atoms with Gasteiger partial charge in [-0.05, 0) is 18.9 Å². The zero-order valence-electron chi connectivity index (χ0n) is 12.0. The van der Waals surface area contributed by atoms with E-state index in [9.17, 15) is 14.4 Å². The van der Waals surface area contributed by atoms with Gasteiger partial charge in [0, 0.05) is 31.3 Å². The number of amides is 2. The fourth-order valence-corrected chi connectivity index (χ4v) is 2.49. The molecule has 0 aromatic carbocycles. The van der Waals surface area contributed by atoms with E-state index in [0.717, 1.165) is 12.8 Å². The summed E-state index contributed by atoms with van der Waals surface area (Å²) in [6, 6.07) is 5.03. The Hall–Kier alpha value is -2.11. The number of nitrogens with one attached hydrogen (secondary N) is 2. The summed E-state index contributed by atoms with van der Waals surface area (Å²) in [5.74, 6) is -0.295. The molecule has 1 aliphatic carbocycles. The van der Waals surface area contributed by atoms with Crippen molar-refractivity contribution < 1.29 is 9.59 Å². The van der Waals surface area contributed by atoms with E-state index >= 15 is 0 Å². The summed E-state index contributed by atoms with van der Waals surface area (Å²) in [4.78, 5) is 34.8. The topological polar surface area (TPSA) is 80.2 Å². The molecule has 2 N–H and O–H groups in total. The number of carbonyl (C=O) groups is 2. The van der Waals surface area contributed by atoms with E-state index in [4.69, 9.17) is 0 Å². The number of hydrogen-bond donors (Lipinski definition) is 2. The average Bonchev–Trinajstić information content (AvgIpc) is 2.94. The first-order valence-corrected chi connectivity index (χ1v) is 7.36. The second-order valence-electron chi connectivity index (χ2n) is 5.32. The van der Waals surface area contributed by atoms with Gasteiger partial charge in [0.05, 0.1) is 0 Å². The smallest absolute Gasteiger partial charge is 0.250 e. The minimum atomic E-state index is -0.267. The molecule has 0 bridgehead atoms. The van der Waals surface area contributed by atoms with Crippen molar-refractivity contribution in [2.75, 3.05) is 6.54 Å². The van der Waals surface area contributed by atoms with Crippen molar-refractivity contribution in [3.8, 4) is 0 Å². The number of carbonyl (C=O) groups excluding carboxylic acids is 2. The Kier molecular flexibility index (Phi) is 5.54. The molecule has 0 spiro atoms. The molecule has 6 heteroatoms. The zero-order chi connectivity index (χ0) is 15.1. The zero-order valence-corrected chi connectivity index (χ0v) is 12.0. The summed E-state index contributed by atoms with van der Waals surface area (Å²) in [7, 11) is 0. The largest absolute Gasteiger partial charge is 0.354 e. The van der Waals surface area contributed by atoms with Crippen molar-refractivity contribution >= 4 is 11.8 Å². The quantitative estimate of drug-likeness (QED) is 0.797. The Bertz CT molecular complexity index is 547. The van der Waals surface area contributed by atoms with Crippen molar-refractivity contribution in [3.05, 3.63) is 34.7 Å². The van der Waals surface area contributed by atoms with Gasteiger partial charge >= 0.3 is 0 Å². The van der Waals surface area contributed by atoms with Crippen molar-refractivity contribution in [1.29, 1.82) is 0 Å². The standard InChI is InChI=1S/C15H21N3O3/c19-13(17-12-5-1-2-6-12)8-9-16-14(20)11-18-10-4-3-7-15(18)21/h3-4,7,10,12H,1-2,5-6,8-9,11H2,(H,16,20)(H,17,19). The van der Waals surface area contributed by atoms with Crippen LogP contribution < -0.4 is 16.2 Å². The molecular weight excluding hydrogens is 270 g/mol. The van der Waals surface area contributed by atoms with Gasteiger partial charge < -0.3 is 15.2 Å². The van der Waals surface area contributed by atoms with E-state index in [1.165, 1.54) is 23.5 Å². The highest BCUT2D eigenvalue weighted by molar-refractivity contribution is 5.79. The molecule has 1 saturated carbocycles. The lowest BCUT2D eigenvalue weighted by molar-refractivity contribution is -0.123. The molecule has 1 aliphatic rings. The molecule has 2 rings (SSSR count). The van der Waals surface area contributed by atoms with E-state index in [1.54, 1.807) is 18.3 Å². The summed E-state index contributed by atoms with van der Waals surface area (Å²) in [5, 5.41) is 5.62. The van der Waals surface area contributed by atoms with Crippen molar-refractivity contribution in [3.63, 3.8) is 0 Å². The van der Waals surface area contributed by atoms with E-state index in [-0.39, 0.29) is 30.3 Å². The van der Waals surface area contributed by atoms with Crippen LogP contribution in [0.4, 0.5) is 0 Å². The molecule has 2 amide bonds. The van der Waals surface area contributed by atoms with Crippen LogP contribution in [-0.4, -0.2) is 29.0 Å². The van der Waals surface area contributed by atoms with Crippen molar-refractivity contribution in [1.82, 2.24) is 15.2 Å². The normalized spacial score (nSPS) is 14.9. The van der Waals surface area contributed by atoms with Gasteiger partial charge in [-0.2, -0.15) is 0 Å². The van der Waals surface area contributed by atoms with Gasteiger partial charge in [-0.15, -0.1) is 0 Å². The third kappa shape index (κ3) is 5.06. The highest BCUT2D eigenvalue weighted by Gasteiger charge is 2.16. The van der Waals surface area contributed by atoms with Crippen LogP contribution in [0.1, 0.15) is 32.1 Å². The Morgan fingerprint density at radius 2 is 1.95 bits per heavy atom. The number of pyridine rings is 1. The molecule has 0 atom stereocenters. The van der Waals surface area contributed by atoms with Crippen LogP contribution in [0.2, 0.25) is 0 Å². The summed E-state index contributed by atoms with van der Waals surface area (Å²) >= 11 is 0. The molecule has 1 aromatic rings. The predicted octanol–water partition coefficient (Wildman–Crippen LogP) is 0.413. The van der Waals surface area contributed by atoms with Crippen LogP contribution in [0.3, 0.4) is 0 Å². The molecule has 0 unspecified atom stereocenters. The van der Waals surface area contributed by atoms with Gasteiger partial charge in [-0.1, -0.05) is 18.9 Å². The van der Waals surface area contributed by atoms with Crippen LogP contribution in [0.15, 0.2) is 29.2 Å². The maximum absolute atomic E-state index is 11.7. The first-order valence-electron chi connectivity index (χ1n) is 7.36. The molecule has 114 valence electrons. The first-order chi connectivity index (χ1) is 10.1. The van der Waals surface area contributed by atoms with Gasteiger partial charge in [-0.25, -0.2) is 0 Å². The molecule has 0 saturated heterocycles. The van der Waals surface area contributed by atoms with Gasteiger partial charge in [0.25, 0.3) is 5.56 Å². The minimum absolute atomic E-state index is 0.0239. The summed E-state index contributed by atoms with van der Waals surface area (Å²) in [5.41, 5.74) is -0.216. The minimum Gasteiger partial charge on any atom is -0.354 e. The third-order valence-corrected chi connectivity index (χ3v) is 3.61. The van der Waals surface area contributed by atoms with Crippen molar-refractivity contribution in [2.45, 2.75) is 44.7 Å². The van der Waals surface area contributed by atoms with Gasteiger partial charge in [0.15, 0.2) is 0 Å². The molecule has 1 heterocycles. The van der Waals surface area contributed by atoms with Crippen LogP contribution in [-0.2, 0) is 16.1 Å². The van der Waals surface area contributed by atoms with Crippen molar-refractivity contribution in [2.24, 2.45) is 0 Å². The van der Waals surface area contributed by atoms with Gasteiger partial charge in [0.1, 0.15) is 6.54 Å². The van der Waals surface area contributed by atoms with Gasteiger partial charge in [0.2, 0.25) is 11.8 Å². The average molecular weight is 291 g/mol. The monoisotopic (exact) mass is 291 g/mol. The lowest BCUT2D eigenvalue weighted by Crippen LogP contribution is -2.37. The lowest BCUT2D eigenvalue weighted by Gasteiger charge is -2.12. The van der Waals surface area contributed by atoms with E-state index in [2.05, 4.69) is 10.6 Å². The second-order valence-corrected chi connectivity index (χ2v) is 5.32. The van der Waals surface area contributed by atoms with Crippen LogP contribution in [0.5, 0.6) is 0 Å². The molecule has 6 nitrogen and oxygen atoms in total. The summed E-state index contributed by atoms with van der Waals surface area (Å²) in [6.07, 6.45) is 6.28. The number of rotatable bonds is 6. The maximum Gasteiger partial charge on any atom is 0.250 e. The Morgan fingerprint density at radius 3 is 2.67 bits per heavy atom. The third-order valence-electron chi connectivity index (χ3n) is 3.61. The maximum atomic E-state index is 11.7. The molecule has 0 radical (unpaired) electrons. The van der Waals surface area contributed by atoms with Gasteiger partial charge in [-0.3, -0.25) is 14.4 Å². The van der Waals surface area contributed by atoms with E-state index in [1.807, 2.05) is 0 Å². The molecule has 21 heavy (non-hydrogen) atoms. The predicted molar refractivity (Wildman–Crippen MR) is 78.7 cm³/mol. The fourth-order valence-electron chi connectivity index (χ4n) is 2.49. The van der Waals surface area contributed by atoms with Crippen LogP contribution >= 0.6 is 0 Å². The number of aromatic nitrogens is 1. The Balaban J connectivity index is 1.66. The van der Waals surface area contributed by atoms with E-state index in [0.29, 0.717) is 12.6 Å². The molecular formula is C15H21N3O3.